The third kappa shape index (κ3) is 4.03. The standard InChI is InChI=1S/C17H11F4N3S/c18-13-7-12(16(20)21)14(19)6-11(13)8-22-24-17-23-15(9-25-17)10-4-2-1-3-5-10/h1-9,16H,(H,23,24). The molecule has 0 amide bonds. The fourth-order valence-corrected chi connectivity index (χ4v) is 2.74. The Bertz CT molecular complexity index is 894. The zero-order valence-electron chi connectivity index (χ0n) is 12.6. The summed E-state index contributed by atoms with van der Waals surface area (Å²) in [6.45, 7) is 0. The number of rotatable bonds is 5. The van der Waals surface area contributed by atoms with E-state index in [1.165, 1.54) is 11.3 Å². The summed E-state index contributed by atoms with van der Waals surface area (Å²) >= 11 is 1.29. The first-order chi connectivity index (χ1) is 12.0. The number of nitrogens with one attached hydrogen (secondary N) is 1. The van der Waals surface area contributed by atoms with Crippen molar-refractivity contribution in [1.82, 2.24) is 4.98 Å². The molecule has 0 fully saturated rings. The second-order valence-corrected chi connectivity index (χ2v) is 5.83. The Hall–Kier alpha value is -2.74. The van der Waals surface area contributed by atoms with Crippen LogP contribution in [0.3, 0.4) is 0 Å². The lowest BCUT2D eigenvalue weighted by Crippen LogP contribution is -1.99. The van der Waals surface area contributed by atoms with Gasteiger partial charge in [-0.3, -0.25) is 5.43 Å². The van der Waals surface area contributed by atoms with Crippen LogP contribution in [0.2, 0.25) is 0 Å². The van der Waals surface area contributed by atoms with Gasteiger partial charge in [-0.05, 0) is 12.1 Å². The first-order valence-corrected chi connectivity index (χ1v) is 7.99. The van der Waals surface area contributed by atoms with Gasteiger partial charge in [-0.1, -0.05) is 30.3 Å². The van der Waals surface area contributed by atoms with Crippen LogP contribution < -0.4 is 5.43 Å². The number of anilines is 1. The van der Waals surface area contributed by atoms with Gasteiger partial charge in [0.05, 0.1) is 17.5 Å². The monoisotopic (exact) mass is 365 g/mol. The summed E-state index contributed by atoms with van der Waals surface area (Å²) in [5.74, 6) is -2.16. The van der Waals surface area contributed by atoms with E-state index < -0.39 is 23.6 Å². The van der Waals surface area contributed by atoms with Gasteiger partial charge in [0.15, 0.2) is 0 Å². The second kappa shape index (κ2) is 7.43. The van der Waals surface area contributed by atoms with Gasteiger partial charge in [-0.2, -0.15) is 5.10 Å². The predicted molar refractivity (Wildman–Crippen MR) is 90.1 cm³/mol. The lowest BCUT2D eigenvalue weighted by molar-refractivity contribution is 0.146. The van der Waals surface area contributed by atoms with Gasteiger partial charge in [0.2, 0.25) is 5.13 Å². The minimum Gasteiger partial charge on any atom is -0.253 e. The Kier molecular flexibility index (Phi) is 5.08. The summed E-state index contributed by atoms with van der Waals surface area (Å²) in [6, 6.07) is 10.6. The van der Waals surface area contributed by atoms with Crippen LogP contribution in [0.5, 0.6) is 0 Å². The molecule has 3 aromatic rings. The van der Waals surface area contributed by atoms with E-state index in [9.17, 15) is 17.6 Å². The number of nitrogens with zero attached hydrogens (tertiary/aromatic N) is 2. The predicted octanol–water partition coefficient (Wildman–Crippen LogP) is 5.47. The summed E-state index contributed by atoms with van der Waals surface area (Å²) in [5, 5.41) is 6.06. The van der Waals surface area contributed by atoms with Crippen LogP contribution in [-0.4, -0.2) is 11.2 Å². The van der Waals surface area contributed by atoms with Crippen LogP contribution in [0, 0.1) is 11.6 Å². The molecule has 0 radical (unpaired) electrons. The average Bonchev–Trinajstić information content (AvgIpc) is 3.07. The highest BCUT2D eigenvalue weighted by Crippen LogP contribution is 2.25. The third-order valence-corrected chi connectivity index (χ3v) is 4.04. The maximum atomic E-state index is 13.7. The van der Waals surface area contributed by atoms with Crippen LogP contribution in [0.15, 0.2) is 52.9 Å². The van der Waals surface area contributed by atoms with Gasteiger partial charge in [0.1, 0.15) is 11.6 Å². The average molecular weight is 365 g/mol. The van der Waals surface area contributed by atoms with Crippen molar-refractivity contribution in [3.63, 3.8) is 0 Å². The Labute approximate surface area is 144 Å². The zero-order chi connectivity index (χ0) is 17.8. The highest BCUT2D eigenvalue weighted by Gasteiger charge is 2.16. The number of alkyl halides is 2. The summed E-state index contributed by atoms with van der Waals surface area (Å²) in [6.07, 6.45) is -2.07. The first-order valence-electron chi connectivity index (χ1n) is 7.11. The number of thiazole rings is 1. The van der Waals surface area contributed by atoms with Crippen LogP contribution in [0.25, 0.3) is 11.3 Å². The number of hydrogen-bond donors (Lipinski definition) is 1. The lowest BCUT2D eigenvalue weighted by Gasteiger charge is -2.04. The van der Waals surface area contributed by atoms with Gasteiger partial charge >= 0.3 is 0 Å². The van der Waals surface area contributed by atoms with E-state index in [4.69, 9.17) is 0 Å². The number of aromatic nitrogens is 1. The summed E-state index contributed by atoms with van der Waals surface area (Å²) in [7, 11) is 0. The molecule has 0 unspecified atom stereocenters. The van der Waals surface area contributed by atoms with E-state index in [-0.39, 0.29) is 5.56 Å². The Morgan fingerprint density at radius 1 is 1.08 bits per heavy atom. The van der Waals surface area contributed by atoms with Gasteiger partial charge in [0.25, 0.3) is 6.43 Å². The first kappa shape index (κ1) is 17.1. The molecule has 0 aliphatic carbocycles. The van der Waals surface area contributed by atoms with Crippen molar-refractivity contribution < 1.29 is 17.6 Å². The van der Waals surface area contributed by atoms with Crippen molar-refractivity contribution in [2.75, 3.05) is 5.43 Å². The maximum absolute atomic E-state index is 13.7. The van der Waals surface area contributed by atoms with Crippen molar-refractivity contribution in [1.29, 1.82) is 0 Å². The Balaban J connectivity index is 1.72. The van der Waals surface area contributed by atoms with E-state index in [1.807, 2.05) is 35.7 Å². The molecule has 1 heterocycles. The van der Waals surface area contributed by atoms with Gasteiger partial charge in [-0.25, -0.2) is 22.5 Å². The van der Waals surface area contributed by atoms with Crippen LogP contribution in [-0.2, 0) is 0 Å². The van der Waals surface area contributed by atoms with Gasteiger partial charge in [-0.15, -0.1) is 11.3 Å². The number of benzene rings is 2. The largest absolute Gasteiger partial charge is 0.266 e. The van der Waals surface area contributed by atoms with Crippen molar-refractivity contribution in [2.45, 2.75) is 6.43 Å². The van der Waals surface area contributed by atoms with Crippen molar-refractivity contribution in [3.8, 4) is 11.3 Å². The SMILES string of the molecule is Fc1cc(C(F)F)c(F)cc1C=NNc1nc(-c2ccccc2)cs1. The number of halogens is 4. The fraction of sp³-hybridized carbons (Fsp3) is 0.0588. The van der Waals surface area contributed by atoms with Crippen LogP contribution >= 0.6 is 11.3 Å². The topological polar surface area (TPSA) is 37.3 Å². The molecular formula is C17H11F4N3S. The molecule has 0 aliphatic rings. The summed E-state index contributed by atoms with van der Waals surface area (Å²) in [5.41, 5.74) is 3.08. The Morgan fingerprint density at radius 2 is 1.84 bits per heavy atom. The van der Waals surface area contributed by atoms with E-state index in [0.717, 1.165) is 17.5 Å². The molecule has 0 saturated carbocycles. The van der Waals surface area contributed by atoms with E-state index in [2.05, 4.69) is 15.5 Å². The maximum Gasteiger partial charge on any atom is 0.266 e. The number of hydrazone groups is 1. The quantitative estimate of drug-likeness (QED) is 0.370. The molecule has 1 aromatic heterocycles. The molecule has 25 heavy (non-hydrogen) atoms. The molecule has 3 rings (SSSR count). The molecule has 0 bridgehead atoms. The van der Waals surface area contributed by atoms with E-state index >= 15 is 0 Å². The normalized spacial score (nSPS) is 11.4. The van der Waals surface area contributed by atoms with Crippen LogP contribution in [0.4, 0.5) is 22.7 Å². The molecule has 2 aromatic carbocycles. The van der Waals surface area contributed by atoms with Crippen LogP contribution in [0.1, 0.15) is 17.6 Å². The third-order valence-electron chi connectivity index (χ3n) is 3.29. The highest BCUT2D eigenvalue weighted by molar-refractivity contribution is 7.14. The Morgan fingerprint density at radius 3 is 2.56 bits per heavy atom. The second-order valence-electron chi connectivity index (χ2n) is 4.97. The minimum absolute atomic E-state index is 0.241. The van der Waals surface area contributed by atoms with E-state index in [1.54, 1.807) is 0 Å². The lowest BCUT2D eigenvalue weighted by atomic mass is 10.1. The fourth-order valence-electron chi connectivity index (χ4n) is 2.07. The van der Waals surface area contributed by atoms with E-state index in [0.29, 0.717) is 17.3 Å². The highest BCUT2D eigenvalue weighted by atomic mass is 32.1. The van der Waals surface area contributed by atoms with Gasteiger partial charge < -0.3 is 0 Å². The van der Waals surface area contributed by atoms with Crippen molar-refractivity contribution >= 4 is 22.7 Å². The molecule has 0 spiro atoms. The molecule has 0 atom stereocenters. The summed E-state index contributed by atoms with van der Waals surface area (Å²) < 4.78 is 52.2. The molecule has 128 valence electrons. The molecule has 0 aliphatic heterocycles. The van der Waals surface area contributed by atoms with Crippen molar-refractivity contribution in [2.24, 2.45) is 5.10 Å². The minimum atomic E-state index is -3.08. The molecule has 8 heteroatoms. The molecule has 3 nitrogen and oxygen atoms in total. The molecular weight excluding hydrogens is 354 g/mol. The number of hydrogen-bond acceptors (Lipinski definition) is 4. The molecule has 1 N–H and O–H groups in total. The zero-order valence-corrected chi connectivity index (χ0v) is 13.4. The molecule has 0 saturated heterocycles. The van der Waals surface area contributed by atoms with Gasteiger partial charge in [0, 0.05) is 16.5 Å². The van der Waals surface area contributed by atoms with Crippen molar-refractivity contribution in [3.05, 3.63) is 70.6 Å². The smallest absolute Gasteiger partial charge is 0.253 e. The summed E-state index contributed by atoms with van der Waals surface area (Å²) in [4.78, 5) is 4.32.